The van der Waals surface area contributed by atoms with Crippen LogP contribution in [-0.4, -0.2) is 36.2 Å². The van der Waals surface area contributed by atoms with Crippen molar-refractivity contribution in [1.29, 1.82) is 0 Å². The lowest BCUT2D eigenvalue weighted by molar-refractivity contribution is -0.385. The van der Waals surface area contributed by atoms with E-state index in [2.05, 4.69) is 5.32 Å². The third-order valence-electron chi connectivity index (χ3n) is 3.48. The largest absolute Gasteiger partial charge is 0.454 e. The Balaban J connectivity index is 2.00. The van der Waals surface area contributed by atoms with E-state index >= 15 is 0 Å². The van der Waals surface area contributed by atoms with Crippen molar-refractivity contribution in [1.82, 2.24) is 5.32 Å². The summed E-state index contributed by atoms with van der Waals surface area (Å²) in [4.78, 5) is 33.7. The van der Waals surface area contributed by atoms with Crippen LogP contribution in [0.5, 0.6) is 11.5 Å². The van der Waals surface area contributed by atoms with Gasteiger partial charge in [0.25, 0.3) is 11.6 Å². The van der Waals surface area contributed by atoms with Gasteiger partial charge in [-0.2, -0.15) is 0 Å². The maximum Gasteiger partial charge on any atom is 0.331 e. The summed E-state index contributed by atoms with van der Waals surface area (Å²) >= 11 is 0. The molecule has 0 aromatic heterocycles. The van der Waals surface area contributed by atoms with Crippen molar-refractivity contribution in [3.05, 3.63) is 33.9 Å². The van der Waals surface area contributed by atoms with Crippen molar-refractivity contribution in [2.45, 2.75) is 26.3 Å². The van der Waals surface area contributed by atoms with E-state index in [0.717, 1.165) is 12.5 Å². The second-order valence-corrected chi connectivity index (χ2v) is 5.34. The second kappa shape index (κ2) is 8.13. The monoisotopic (exact) mass is 350 g/mol. The highest BCUT2D eigenvalue weighted by Gasteiger charge is 2.22. The molecule has 1 unspecified atom stereocenters. The van der Waals surface area contributed by atoms with Crippen LogP contribution in [0.2, 0.25) is 0 Å². The molecule has 0 radical (unpaired) electrons. The highest BCUT2D eigenvalue weighted by atomic mass is 16.7. The number of nitrogens with one attached hydrogen (secondary N) is 1. The molecule has 1 aliphatic rings. The molecule has 1 amide bonds. The van der Waals surface area contributed by atoms with E-state index in [1.807, 2.05) is 13.8 Å². The number of esters is 1. The van der Waals surface area contributed by atoms with Gasteiger partial charge in [0, 0.05) is 12.1 Å². The second-order valence-electron chi connectivity index (χ2n) is 5.34. The number of nitro benzene ring substituents is 1. The van der Waals surface area contributed by atoms with Crippen LogP contribution in [-0.2, 0) is 14.3 Å². The lowest BCUT2D eigenvalue weighted by Gasteiger charge is -2.10. The number of carbonyl (C=O) groups excluding carboxylic acids is 2. The molecule has 0 saturated heterocycles. The van der Waals surface area contributed by atoms with E-state index in [1.165, 1.54) is 18.2 Å². The molecule has 0 fully saturated rings. The van der Waals surface area contributed by atoms with Gasteiger partial charge in [0.1, 0.15) is 0 Å². The molecule has 1 heterocycles. The van der Waals surface area contributed by atoms with E-state index in [1.54, 1.807) is 0 Å². The number of nitro groups is 1. The lowest BCUT2D eigenvalue weighted by atomic mass is 10.1. The molecule has 0 aliphatic carbocycles. The summed E-state index contributed by atoms with van der Waals surface area (Å²) in [5.74, 6) is -0.573. The summed E-state index contributed by atoms with van der Waals surface area (Å²) in [6.07, 6.45) is 3.00. The third-order valence-corrected chi connectivity index (χ3v) is 3.48. The topological polar surface area (TPSA) is 117 Å². The van der Waals surface area contributed by atoms with E-state index in [0.29, 0.717) is 5.75 Å². The smallest absolute Gasteiger partial charge is 0.331 e. The Morgan fingerprint density at radius 1 is 1.40 bits per heavy atom. The van der Waals surface area contributed by atoms with Crippen molar-refractivity contribution in [3.8, 4) is 11.5 Å². The summed E-state index contributed by atoms with van der Waals surface area (Å²) in [5.41, 5.74) is -0.0712. The Kier molecular flexibility index (Phi) is 5.93. The fourth-order valence-corrected chi connectivity index (χ4v) is 2.00. The molecule has 0 saturated carbocycles. The summed E-state index contributed by atoms with van der Waals surface area (Å²) in [7, 11) is 0. The maximum atomic E-state index is 11.7. The Labute approximate surface area is 143 Å². The zero-order valence-corrected chi connectivity index (χ0v) is 13.8. The van der Waals surface area contributed by atoms with Crippen molar-refractivity contribution in [2.24, 2.45) is 0 Å². The van der Waals surface area contributed by atoms with Crippen molar-refractivity contribution >= 4 is 23.6 Å². The predicted molar refractivity (Wildman–Crippen MR) is 87.1 cm³/mol. The van der Waals surface area contributed by atoms with Crippen LogP contribution in [0.4, 0.5) is 5.69 Å². The van der Waals surface area contributed by atoms with Crippen molar-refractivity contribution in [3.63, 3.8) is 0 Å². The number of nitrogens with zero attached hydrogens (tertiary/aromatic N) is 1. The van der Waals surface area contributed by atoms with E-state index in [-0.39, 0.29) is 29.8 Å². The number of amides is 1. The van der Waals surface area contributed by atoms with E-state index < -0.39 is 23.4 Å². The standard InChI is InChI=1S/C16H18N2O7/c1-3-10(2)17-15(19)8-23-16(20)5-4-11-6-13-14(25-9-24-13)7-12(11)18(21)22/h4-7,10H,3,8-9H2,1-2H3,(H,17,19)/b5-4+. The van der Waals surface area contributed by atoms with Crippen LogP contribution in [0.1, 0.15) is 25.8 Å². The number of carbonyl (C=O) groups is 2. The van der Waals surface area contributed by atoms with Crippen LogP contribution in [0.15, 0.2) is 18.2 Å². The molecule has 1 N–H and O–H groups in total. The van der Waals surface area contributed by atoms with E-state index in [4.69, 9.17) is 14.2 Å². The first kappa shape index (κ1) is 18.2. The minimum atomic E-state index is -0.786. The Morgan fingerprint density at radius 3 is 2.72 bits per heavy atom. The molecule has 9 nitrogen and oxygen atoms in total. The first-order valence-corrected chi connectivity index (χ1v) is 7.63. The third kappa shape index (κ3) is 4.93. The number of rotatable bonds is 7. The predicted octanol–water partition coefficient (Wildman–Crippen LogP) is 1.79. The van der Waals surface area contributed by atoms with Crippen LogP contribution < -0.4 is 14.8 Å². The molecule has 9 heteroatoms. The van der Waals surface area contributed by atoms with Gasteiger partial charge in [0.05, 0.1) is 16.6 Å². The van der Waals surface area contributed by atoms with Gasteiger partial charge >= 0.3 is 5.97 Å². The fraction of sp³-hybridized carbons (Fsp3) is 0.375. The number of hydrogen-bond donors (Lipinski definition) is 1. The number of hydrogen-bond acceptors (Lipinski definition) is 7. The van der Waals surface area contributed by atoms with Gasteiger partial charge in [-0.05, 0) is 25.5 Å². The minimum Gasteiger partial charge on any atom is -0.454 e. The van der Waals surface area contributed by atoms with Gasteiger partial charge in [-0.15, -0.1) is 0 Å². The van der Waals surface area contributed by atoms with Gasteiger partial charge < -0.3 is 19.5 Å². The van der Waals surface area contributed by atoms with Gasteiger partial charge in [-0.1, -0.05) is 6.92 Å². The highest BCUT2D eigenvalue weighted by molar-refractivity contribution is 5.90. The van der Waals surface area contributed by atoms with Gasteiger partial charge in [0.15, 0.2) is 18.1 Å². The lowest BCUT2D eigenvalue weighted by Crippen LogP contribution is -2.35. The molecule has 0 bridgehead atoms. The molecular formula is C16H18N2O7. The fourth-order valence-electron chi connectivity index (χ4n) is 2.00. The Bertz CT molecular complexity index is 715. The normalized spacial score (nSPS) is 13.5. The SMILES string of the molecule is CCC(C)NC(=O)COC(=O)/C=C/c1cc2c(cc1[N+](=O)[O-])OCO2. The van der Waals surface area contributed by atoms with Gasteiger partial charge in [0.2, 0.25) is 6.79 Å². The van der Waals surface area contributed by atoms with Crippen molar-refractivity contribution < 1.29 is 28.7 Å². The Hall–Kier alpha value is -3.10. The Morgan fingerprint density at radius 2 is 2.08 bits per heavy atom. The maximum absolute atomic E-state index is 11.7. The van der Waals surface area contributed by atoms with Crippen LogP contribution in [0.25, 0.3) is 6.08 Å². The zero-order chi connectivity index (χ0) is 18.4. The first-order chi connectivity index (χ1) is 11.9. The molecule has 2 rings (SSSR count). The molecule has 1 atom stereocenters. The van der Waals surface area contributed by atoms with Crippen LogP contribution in [0.3, 0.4) is 0 Å². The number of benzene rings is 1. The molecule has 0 spiro atoms. The molecule has 134 valence electrons. The molecular weight excluding hydrogens is 332 g/mol. The van der Waals surface area contributed by atoms with E-state index in [9.17, 15) is 19.7 Å². The number of fused-ring (bicyclic) bond motifs is 1. The van der Waals surface area contributed by atoms with Gasteiger partial charge in [-0.25, -0.2) is 4.79 Å². The summed E-state index contributed by atoms with van der Waals surface area (Å²) in [6.45, 7) is 3.31. The number of ether oxygens (including phenoxy) is 3. The summed E-state index contributed by atoms with van der Waals surface area (Å²) < 4.78 is 15.0. The van der Waals surface area contributed by atoms with Gasteiger partial charge in [-0.3, -0.25) is 14.9 Å². The molecule has 25 heavy (non-hydrogen) atoms. The first-order valence-electron chi connectivity index (χ1n) is 7.63. The summed E-state index contributed by atoms with van der Waals surface area (Å²) in [6, 6.07) is 2.62. The summed E-state index contributed by atoms with van der Waals surface area (Å²) in [5, 5.41) is 13.8. The zero-order valence-electron chi connectivity index (χ0n) is 13.8. The molecule has 1 aromatic rings. The molecule has 1 aromatic carbocycles. The average Bonchev–Trinajstić information content (AvgIpc) is 3.04. The highest BCUT2D eigenvalue weighted by Crippen LogP contribution is 2.38. The van der Waals surface area contributed by atoms with Crippen LogP contribution in [0, 0.1) is 10.1 Å². The quantitative estimate of drug-likeness (QED) is 0.345. The van der Waals surface area contributed by atoms with Crippen LogP contribution >= 0.6 is 0 Å². The average molecular weight is 350 g/mol. The van der Waals surface area contributed by atoms with Crippen molar-refractivity contribution in [2.75, 3.05) is 13.4 Å². The molecule has 1 aliphatic heterocycles. The minimum absolute atomic E-state index is 0.0157.